The van der Waals surface area contributed by atoms with Gasteiger partial charge >= 0.3 is 0 Å². The Morgan fingerprint density at radius 3 is 2.55 bits per heavy atom. The third-order valence-corrected chi connectivity index (χ3v) is 5.23. The van der Waals surface area contributed by atoms with Crippen molar-refractivity contribution in [1.29, 1.82) is 5.26 Å². The largest absolute Gasteiger partial charge is 0.493 e. The second kappa shape index (κ2) is 9.30. The topological polar surface area (TPSA) is 124 Å². The summed E-state index contributed by atoms with van der Waals surface area (Å²) < 4.78 is 16.8. The van der Waals surface area contributed by atoms with E-state index in [9.17, 15) is 10.1 Å². The minimum Gasteiger partial charge on any atom is -0.493 e. The Morgan fingerprint density at radius 2 is 1.90 bits per heavy atom. The predicted octanol–water partition coefficient (Wildman–Crippen LogP) is 2.74. The van der Waals surface area contributed by atoms with Crippen molar-refractivity contribution in [3.63, 3.8) is 0 Å². The molecule has 0 aromatic heterocycles. The Bertz CT molecular complexity index is 1050. The predicted molar refractivity (Wildman–Crippen MR) is 117 cm³/mol. The van der Waals surface area contributed by atoms with E-state index >= 15 is 0 Å². The maximum atomic E-state index is 12.3. The van der Waals surface area contributed by atoms with Crippen molar-refractivity contribution in [2.24, 2.45) is 5.73 Å². The lowest BCUT2D eigenvalue weighted by atomic mass is 9.83. The third kappa shape index (κ3) is 4.36. The molecule has 0 bridgehead atoms. The Hall–Kier alpha value is -3.86. The quantitative estimate of drug-likeness (QED) is 0.658. The summed E-state index contributed by atoms with van der Waals surface area (Å²) in [6, 6.07) is 12.7. The first-order valence-electron chi connectivity index (χ1n) is 9.98. The Kier molecular flexibility index (Phi) is 6.55. The van der Waals surface area contributed by atoms with Gasteiger partial charge in [0.25, 0.3) is 5.91 Å². The van der Waals surface area contributed by atoms with Crippen LogP contribution in [0.5, 0.6) is 17.2 Å². The Morgan fingerprint density at radius 1 is 1.16 bits per heavy atom. The zero-order valence-corrected chi connectivity index (χ0v) is 17.8. The van der Waals surface area contributed by atoms with E-state index in [1.54, 1.807) is 29.2 Å². The summed E-state index contributed by atoms with van der Waals surface area (Å²) in [5, 5.41) is 9.71. The van der Waals surface area contributed by atoms with Gasteiger partial charge in [-0.2, -0.15) is 5.26 Å². The van der Waals surface area contributed by atoms with Gasteiger partial charge in [0.2, 0.25) is 5.88 Å². The summed E-state index contributed by atoms with van der Waals surface area (Å²) in [6.07, 6.45) is 0. The van der Waals surface area contributed by atoms with Gasteiger partial charge in [-0.1, -0.05) is 12.1 Å². The number of hydrogen-bond donors (Lipinski definition) is 2. The lowest BCUT2D eigenvalue weighted by Crippen LogP contribution is -2.34. The number of nitrogens with zero attached hydrogens (tertiary/aromatic N) is 2. The molecule has 2 aromatic rings. The minimum atomic E-state index is -0.449. The summed E-state index contributed by atoms with van der Waals surface area (Å²) in [7, 11) is 1.52. The van der Waals surface area contributed by atoms with E-state index in [4.69, 9.17) is 25.7 Å². The van der Waals surface area contributed by atoms with Crippen molar-refractivity contribution in [2.45, 2.75) is 19.8 Å². The van der Waals surface area contributed by atoms with Gasteiger partial charge in [0.15, 0.2) is 18.1 Å². The van der Waals surface area contributed by atoms with Gasteiger partial charge in [-0.3, -0.25) is 4.79 Å². The molecule has 3 rings (SSSR count). The van der Waals surface area contributed by atoms with Crippen molar-refractivity contribution < 1.29 is 19.0 Å². The van der Waals surface area contributed by atoms with E-state index in [0.29, 0.717) is 41.6 Å². The number of carbonyl (C=O) groups is 1. The van der Waals surface area contributed by atoms with Crippen molar-refractivity contribution in [3.8, 4) is 23.3 Å². The second-order valence-electron chi connectivity index (χ2n) is 6.99. The lowest BCUT2D eigenvalue weighted by molar-refractivity contribution is -0.132. The Balaban J connectivity index is 1.95. The molecule has 31 heavy (non-hydrogen) atoms. The molecule has 8 nitrogen and oxygen atoms in total. The van der Waals surface area contributed by atoms with Gasteiger partial charge in [0.05, 0.1) is 13.0 Å². The second-order valence-corrected chi connectivity index (χ2v) is 6.99. The molecule has 1 amide bonds. The summed E-state index contributed by atoms with van der Waals surface area (Å²) in [4.78, 5) is 13.9. The fraction of sp³-hybridized carbons (Fsp3) is 0.304. The number of methoxy groups -OCH3 is 1. The SMILES string of the molecule is CCN(CC)C(=O)COc1ccc(C2C(C#N)=C(N)Oc3cc(N)ccc32)cc1OC. The van der Waals surface area contributed by atoms with Crippen LogP contribution in [0.4, 0.5) is 5.69 Å². The van der Waals surface area contributed by atoms with Gasteiger partial charge in [0, 0.05) is 30.4 Å². The highest BCUT2D eigenvalue weighted by Gasteiger charge is 2.31. The van der Waals surface area contributed by atoms with Crippen molar-refractivity contribution in [3.05, 3.63) is 59.0 Å². The van der Waals surface area contributed by atoms with Gasteiger partial charge < -0.3 is 30.6 Å². The van der Waals surface area contributed by atoms with E-state index in [1.807, 2.05) is 26.0 Å². The number of anilines is 1. The van der Waals surface area contributed by atoms with Crippen LogP contribution < -0.4 is 25.7 Å². The minimum absolute atomic E-state index is 0.0368. The number of hydrogen-bond acceptors (Lipinski definition) is 7. The molecular formula is C23H26N4O4. The molecule has 0 saturated heterocycles. The van der Waals surface area contributed by atoms with Crippen LogP contribution in [0.15, 0.2) is 47.9 Å². The van der Waals surface area contributed by atoms with Crippen LogP contribution >= 0.6 is 0 Å². The molecule has 0 radical (unpaired) electrons. The number of nitrogens with two attached hydrogens (primary N) is 2. The highest BCUT2D eigenvalue weighted by atomic mass is 16.5. The fourth-order valence-corrected chi connectivity index (χ4v) is 3.60. The maximum Gasteiger partial charge on any atom is 0.260 e. The molecule has 0 spiro atoms. The van der Waals surface area contributed by atoms with Gasteiger partial charge in [0.1, 0.15) is 17.4 Å². The summed E-state index contributed by atoms with van der Waals surface area (Å²) in [6.45, 7) is 4.98. The standard InChI is InChI=1S/C23H26N4O4/c1-4-27(5-2)21(28)13-30-18-9-6-14(10-20(18)29-3)22-16-8-7-15(25)11-19(16)31-23(26)17(22)12-24/h6-11,22H,4-5,13,25-26H2,1-3H3. The van der Waals surface area contributed by atoms with Crippen LogP contribution in [0, 0.1) is 11.3 Å². The number of fused-ring (bicyclic) bond motifs is 1. The molecule has 0 fully saturated rings. The maximum absolute atomic E-state index is 12.3. The van der Waals surface area contributed by atoms with Crippen molar-refractivity contribution >= 4 is 11.6 Å². The van der Waals surface area contributed by atoms with Crippen molar-refractivity contribution in [2.75, 3.05) is 32.5 Å². The third-order valence-electron chi connectivity index (χ3n) is 5.23. The number of benzene rings is 2. The Labute approximate surface area is 181 Å². The van der Waals surface area contributed by atoms with E-state index < -0.39 is 5.92 Å². The highest BCUT2D eigenvalue weighted by molar-refractivity contribution is 5.77. The van der Waals surface area contributed by atoms with Crippen LogP contribution in [0.1, 0.15) is 30.9 Å². The summed E-state index contributed by atoms with van der Waals surface area (Å²) in [5.41, 5.74) is 14.3. The lowest BCUT2D eigenvalue weighted by Gasteiger charge is -2.27. The number of rotatable bonds is 7. The molecule has 1 aliphatic rings. The molecule has 2 aromatic carbocycles. The molecule has 1 aliphatic heterocycles. The zero-order valence-electron chi connectivity index (χ0n) is 17.8. The molecule has 162 valence electrons. The van der Waals surface area contributed by atoms with E-state index in [1.165, 1.54) is 7.11 Å². The van der Waals surface area contributed by atoms with Gasteiger partial charge in [-0.05, 0) is 37.6 Å². The first-order valence-corrected chi connectivity index (χ1v) is 9.98. The molecule has 0 aliphatic carbocycles. The molecular weight excluding hydrogens is 396 g/mol. The summed E-state index contributed by atoms with van der Waals surface area (Å²) in [5.74, 6) is 0.875. The normalized spacial score (nSPS) is 14.8. The average Bonchev–Trinajstić information content (AvgIpc) is 2.77. The first kappa shape index (κ1) is 21.8. The molecule has 1 heterocycles. The van der Waals surface area contributed by atoms with Gasteiger partial charge in [-0.25, -0.2) is 0 Å². The fourth-order valence-electron chi connectivity index (χ4n) is 3.60. The van der Waals surface area contributed by atoms with Gasteiger partial charge in [-0.15, -0.1) is 0 Å². The van der Waals surface area contributed by atoms with E-state index in [2.05, 4.69) is 6.07 Å². The number of amides is 1. The first-order chi connectivity index (χ1) is 14.9. The van der Waals surface area contributed by atoms with E-state index in [0.717, 1.165) is 11.1 Å². The molecule has 8 heteroatoms. The van der Waals surface area contributed by atoms with Crippen LogP contribution in [-0.4, -0.2) is 37.6 Å². The average molecular weight is 422 g/mol. The van der Waals surface area contributed by atoms with E-state index in [-0.39, 0.29) is 18.4 Å². The number of allylic oxidation sites excluding steroid dienone is 1. The van der Waals surface area contributed by atoms with Crippen LogP contribution in [0.25, 0.3) is 0 Å². The highest BCUT2D eigenvalue weighted by Crippen LogP contribution is 2.44. The number of likely N-dealkylation sites (N-methyl/N-ethyl adjacent to an activating group) is 1. The van der Waals surface area contributed by atoms with Crippen LogP contribution in [0.2, 0.25) is 0 Å². The van der Waals surface area contributed by atoms with Crippen LogP contribution in [-0.2, 0) is 4.79 Å². The molecule has 1 atom stereocenters. The number of nitriles is 1. The number of carbonyl (C=O) groups excluding carboxylic acids is 1. The monoisotopic (exact) mass is 422 g/mol. The molecule has 1 unspecified atom stereocenters. The number of ether oxygens (including phenoxy) is 3. The molecule has 0 saturated carbocycles. The van der Waals surface area contributed by atoms with Crippen LogP contribution in [0.3, 0.4) is 0 Å². The van der Waals surface area contributed by atoms with Crippen molar-refractivity contribution in [1.82, 2.24) is 4.90 Å². The molecule has 4 N–H and O–H groups in total. The smallest absolute Gasteiger partial charge is 0.260 e. The zero-order chi connectivity index (χ0) is 22.5. The summed E-state index contributed by atoms with van der Waals surface area (Å²) >= 11 is 0. The number of nitrogen functional groups attached to an aromatic ring is 1.